The Labute approximate surface area is 209 Å². The largest absolute Gasteiger partial charge is 0.444 e. The second kappa shape index (κ2) is 10.3. The number of rotatable bonds is 4. The van der Waals surface area contributed by atoms with Crippen molar-refractivity contribution in [3.63, 3.8) is 0 Å². The Morgan fingerprint density at radius 3 is 2.24 bits per heavy atom. The monoisotopic (exact) mass is 492 g/mol. The van der Waals surface area contributed by atoms with Crippen LogP contribution in [0, 0.1) is 6.92 Å². The molecule has 0 radical (unpaired) electrons. The third kappa shape index (κ3) is 6.16. The number of benzene rings is 1. The van der Waals surface area contributed by atoms with Gasteiger partial charge in [0.05, 0.1) is 0 Å². The molecule has 0 spiro atoms. The van der Waals surface area contributed by atoms with E-state index in [-0.39, 0.29) is 11.4 Å². The van der Waals surface area contributed by atoms with Gasteiger partial charge in [-0.1, -0.05) is 24.6 Å². The molecule has 8 heteroatoms. The van der Waals surface area contributed by atoms with Gasteiger partial charge in [-0.25, -0.2) is 4.79 Å². The zero-order chi connectivity index (χ0) is 25.3. The summed E-state index contributed by atoms with van der Waals surface area (Å²) >= 11 is 6.32. The number of ether oxygens (including phenoxy) is 1. The number of halogens is 1. The standard InChI is InChI=1S/C26H41ClN4O3/c1-8-26(6,7)30-15-16-31(24(33)34-25(3,4)5)22(18-30)23(32)29-13-11-28(12-14-29)20-10-9-19(2)21(27)17-20/h9-10,17,22H,8,11-16,18H2,1-7H3. The summed E-state index contributed by atoms with van der Waals surface area (Å²) in [6.45, 7) is 18.5. The van der Waals surface area contributed by atoms with E-state index >= 15 is 0 Å². The van der Waals surface area contributed by atoms with Crippen LogP contribution in [0.2, 0.25) is 5.02 Å². The van der Waals surface area contributed by atoms with Gasteiger partial charge in [0, 0.05) is 62.1 Å². The summed E-state index contributed by atoms with van der Waals surface area (Å²) in [5.41, 5.74) is 1.48. The summed E-state index contributed by atoms with van der Waals surface area (Å²) in [6.07, 6.45) is 0.561. The van der Waals surface area contributed by atoms with E-state index in [1.54, 1.807) is 4.90 Å². The highest BCUT2D eigenvalue weighted by Gasteiger charge is 2.42. The molecule has 34 heavy (non-hydrogen) atoms. The highest BCUT2D eigenvalue weighted by Crippen LogP contribution is 2.27. The normalized spacial score (nSPS) is 20.5. The first-order chi connectivity index (χ1) is 15.8. The highest BCUT2D eigenvalue weighted by molar-refractivity contribution is 6.31. The molecule has 1 unspecified atom stereocenters. The highest BCUT2D eigenvalue weighted by atomic mass is 35.5. The molecule has 1 aromatic carbocycles. The van der Waals surface area contributed by atoms with Crippen LogP contribution in [0.1, 0.15) is 53.5 Å². The minimum atomic E-state index is -0.606. The molecule has 2 saturated heterocycles. The first-order valence-electron chi connectivity index (χ1n) is 12.4. The fourth-order valence-electron chi connectivity index (χ4n) is 4.48. The fraction of sp³-hybridized carbons (Fsp3) is 0.692. The van der Waals surface area contributed by atoms with Crippen LogP contribution in [0.5, 0.6) is 0 Å². The SMILES string of the molecule is CCC(C)(C)N1CCN(C(=O)OC(C)(C)C)C(C(=O)N2CCN(c3ccc(C)c(Cl)c3)CC2)C1. The number of piperazine rings is 2. The molecule has 2 aliphatic heterocycles. The summed E-state index contributed by atoms with van der Waals surface area (Å²) in [4.78, 5) is 34.9. The molecule has 2 amide bonds. The number of anilines is 1. The van der Waals surface area contributed by atoms with Crippen molar-refractivity contribution in [1.29, 1.82) is 0 Å². The Morgan fingerprint density at radius 2 is 1.68 bits per heavy atom. The number of amides is 2. The van der Waals surface area contributed by atoms with Crippen molar-refractivity contribution >= 4 is 29.3 Å². The molecule has 0 N–H and O–H groups in total. The molecule has 3 rings (SSSR count). The lowest BCUT2D eigenvalue weighted by atomic mass is 9.96. The first kappa shape index (κ1) is 26.6. The second-order valence-electron chi connectivity index (χ2n) is 11.0. The van der Waals surface area contributed by atoms with Crippen LogP contribution in [-0.4, -0.2) is 89.7 Å². The topological polar surface area (TPSA) is 56.3 Å². The van der Waals surface area contributed by atoms with Crippen LogP contribution in [0.4, 0.5) is 10.5 Å². The summed E-state index contributed by atoms with van der Waals surface area (Å²) < 4.78 is 5.66. The average molecular weight is 493 g/mol. The molecule has 2 fully saturated rings. The molecule has 1 aromatic rings. The lowest BCUT2D eigenvalue weighted by molar-refractivity contribution is -0.141. The molecule has 2 heterocycles. The zero-order valence-electron chi connectivity index (χ0n) is 21.9. The van der Waals surface area contributed by atoms with Crippen molar-refractivity contribution in [2.75, 3.05) is 50.7 Å². The first-order valence-corrected chi connectivity index (χ1v) is 12.7. The van der Waals surface area contributed by atoms with Gasteiger partial charge in [0.25, 0.3) is 0 Å². The summed E-state index contributed by atoms with van der Waals surface area (Å²) in [5, 5.41) is 0.754. The van der Waals surface area contributed by atoms with Gasteiger partial charge < -0.3 is 14.5 Å². The maximum atomic E-state index is 13.7. The molecule has 1 atom stereocenters. The third-order valence-electron chi connectivity index (χ3n) is 7.13. The van der Waals surface area contributed by atoms with E-state index in [0.717, 1.165) is 42.3 Å². The van der Waals surface area contributed by atoms with Crippen LogP contribution >= 0.6 is 11.6 Å². The Bertz CT molecular complexity index is 891. The molecule has 0 saturated carbocycles. The summed E-state index contributed by atoms with van der Waals surface area (Å²) in [7, 11) is 0. The Hall–Kier alpha value is -1.99. The van der Waals surface area contributed by atoms with Crippen LogP contribution < -0.4 is 4.90 Å². The average Bonchev–Trinajstić information content (AvgIpc) is 2.79. The van der Waals surface area contributed by atoms with Gasteiger partial charge in [0.2, 0.25) is 5.91 Å². The molecular weight excluding hydrogens is 452 g/mol. The predicted octanol–water partition coefficient (Wildman–Crippen LogP) is 4.41. The molecule has 0 bridgehead atoms. The smallest absolute Gasteiger partial charge is 0.411 e. The van der Waals surface area contributed by atoms with E-state index in [2.05, 4.69) is 36.6 Å². The van der Waals surface area contributed by atoms with Crippen molar-refractivity contribution in [1.82, 2.24) is 14.7 Å². The predicted molar refractivity (Wildman–Crippen MR) is 138 cm³/mol. The maximum Gasteiger partial charge on any atom is 0.411 e. The Balaban J connectivity index is 1.73. The molecule has 0 aromatic heterocycles. The fourth-order valence-corrected chi connectivity index (χ4v) is 4.66. The van der Waals surface area contributed by atoms with Crippen molar-refractivity contribution in [3.8, 4) is 0 Å². The minimum absolute atomic E-state index is 0.00375. The van der Waals surface area contributed by atoms with Crippen LogP contribution in [0.3, 0.4) is 0 Å². The van der Waals surface area contributed by atoms with Gasteiger partial charge in [-0.2, -0.15) is 0 Å². The number of carbonyl (C=O) groups is 2. The minimum Gasteiger partial charge on any atom is -0.444 e. The van der Waals surface area contributed by atoms with Gasteiger partial charge in [-0.15, -0.1) is 0 Å². The number of aryl methyl sites for hydroxylation is 1. The molecule has 7 nitrogen and oxygen atoms in total. The van der Waals surface area contributed by atoms with Gasteiger partial charge in [0.15, 0.2) is 0 Å². The van der Waals surface area contributed by atoms with Gasteiger partial charge in [0.1, 0.15) is 11.6 Å². The van der Waals surface area contributed by atoms with Gasteiger partial charge >= 0.3 is 6.09 Å². The van der Waals surface area contributed by atoms with E-state index in [1.807, 2.05) is 44.7 Å². The van der Waals surface area contributed by atoms with E-state index < -0.39 is 17.7 Å². The lowest BCUT2D eigenvalue weighted by Gasteiger charge is -2.48. The van der Waals surface area contributed by atoms with Crippen molar-refractivity contribution < 1.29 is 14.3 Å². The van der Waals surface area contributed by atoms with Gasteiger partial charge in [-0.05, 0) is 65.7 Å². The summed E-state index contributed by atoms with van der Waals surface area (Å²) in [5.74, 6) is 0.00375. The molecule has 2 aliphatic rings. The lowest BCUT2D eigenvalue weighted by Crippen LogP contribution is -2.65. The number of carbonyl (C=O) groups excluding carboxylic acids is 2. The van der Waals surface area contributed by atoms with Crippen molar-refractivity contribution in [2.45, 2.75) is 72.1 Å². The van der Waals surface area contributed by atoms with Crippen molar-refractivity contribution in [3.05, 3.63) is 28.8 Å². The molecule has 0 aliphatic carbocycles. The number of hydrogen-bond donors (Lipinski definition) is 0. The maximum absolute atomic E-state index is 13.7. The summed E-state index contributed by atoms with van der Waals surface area (Å²) in [6, 6.07) is 5.55. The number of nitrogens with zero attached hydrogens (tertiary/aromatic N) is 4. The van der Waals surface area contributed by atoms with Crippen LogP contribution in [0.25, 0.3) is 0 Å². The van der Waals surface area contributed by atoms with E-state index in [0.29, 0.717) is 26.2 Å². The second-order valence-corrected chi connectivity index (χ2v) is 11.5. The van der Waals surface area contributed by atoms with Crippen molar-refractivity contribution in [2.24, 2.45) is 0 Å². The Kier molecular flexibility index (Phi) is 8.08. The van der Waals surface area contributed by atoms with Crippen LogP contribution in [0.15, 0.2) is 18.2 Å². The van der Waals surface area contributed by atoms with E-state index in [4.69, 9.17) is 16.3 Å². The molecular formula is C26H41ClN4O3. The zero-order valence-corrected chi connectivity index (χ0v) is 22.6. The number of hydrogen-bond acceptors (Lipinski definition) is 5. The molecule has 190 valence electrons. The third-order valence-corrected chi connectivity index (χ3v) is 7.53. The van der Waals surface area contributed by atoms with E-state index in [9.17, 15) is 9.59 Å². The Morgan fingerprint density at radius 1 is 1.03 bits per heavy atom. The van der Waals surface area contributed by atoms with Gasteiger partial charge in [-0.3, -0.25) is 14.6 Å². The van der Waals surface area contributed by atoms with Crippen LogP contribution in [-0.2, 0) is 9.53 Å². The van der Waals surface area contributed by atoms with E-state index in [1.165, 1.54) is 0 Å². The quantitative estimate of drug-likeness (QED) is 0.623.